The molecule has 1 atom stereocenters. The summed E-state index contributed by atoms with van der Waals surface area (Å²) in [5.41, 5.74) is 5.11. The van der Waals surface area contributed by atoms with Gasteiger partial charge in [-0.15, -0.1) is 0 Å². The van der Waals surface area contributed by atoms with Gasteiger partial charge < -0.3 is 5.32 Å². The minimum atomic E-state index is 0.260. The lowest BCUT2D eigenvalue weighted by Gasteiger charge is -2.18. The minimum absolute atomic E-state index is 0.260. The van der Waals surface area contributed by atoms with Gasteiger partial charge in [0.1, 0.15) is 0 Å². The van der Waals surface area contributed by atoms with Gasteiger partial charge >= 0.3 is 0 Å². The van der Waals surface area contributed by atoms with Crippen molar-refractivity contribution in [1.82, 2.24) is 5.32 Å². The van der Waals surface area contributed by atoms with E-state index >= 15 is 0 Å². The van der Waals surface area contributed by atoms with Crippen LogP contribution in [-0.2, 0) is 6.54 Å². The third-order valence-electron chi connectivity index (χ3n) is 4.13. The van der Waals surface area contributed by atoms with E-state index < -0.39 is 0 Å². The van der Waals surface area contributed by atoms with Crippen LogP contribution in [0.5, 0.6) is 0 Å². The van der Waals surface area contributed by atoms with Crippen LogP contribution in [0.25, 0.3) is 11.1 Å². The van der Waals surface area contributed by atoms with Crippen molar-refractivity contribution in [2.75, 3.05) is 0 Å². The molecule has 0 aromatic heterocycles. The molecule has 1 unspecified atom stereocenters. The van der Waals surface area contributed by atoms with E-state index in [1.807, 2.05) is 0 Å². The summed E-state index contributed by atoms with van der Waals surface area (Å²) in [6.45, 7) is 3.02. The van der Waals surface area contributed by atoms with Gasteiger partial charge in [-0.25, -0.2) is 0 Å². The Morgan fingerprint density at radius 2 is 1.58 bits per heavy atom. The van der Waals surface area contributed by atoms with Crippen LogP contribution in [0.1, 0.15) is 24.1 Å². The molecule has 122 valence electrons. The van der Waals surface area contributed by atoms with Crippen molar-refractivity contribution >= 4 is 31.9 Å². The Morgan fingerprint density at radius 3 is 2.33 bits per heavy atom. The Balaban J connectivity index is 1.78. The fourth-order valence-corrected chi connectivity index (χ4v) is 4.19. The normalized spacial score (nSPS) is 12.1. The third kappa shape index (κ3) is 4.15. The maximum atomic E-state index is 3.66. The van der Waals surface area contributed by atoms with Gasteiger partial charge in [0, 0.05) is 21.5 Å². The molecule has 0 heterocycles. The lowest BCUT2D eigenvalue weighted by molar-refractivity contribution is 0.573. The molecule has 0 radical (unpaired) electrons. The largest absolute Gasteiger partial charge is 0.306 e. The van der Waals surface area contributed by atoms with E-state index in [9.17, 15) is 0 Å². The minimum Gasteiger partial charge on any atom is -0.306 e. The highest BCUT2D eigenvalue weighted by Crippen LogP contribution is 2.28. The standard InChI is InChI=1S/C21H19Br2N/c1-15(19-12-11-18(22)13-21(19)23)24-14-17-9-5-6-10-20(17)16-7-3-2-4-8-16/h2-13,15,24H,14H2,1H3. The van der Waals surface area contributed by atoms with Gasteiger partial charge in [0.2, 0.25) is 0 Å². The molecule has 0 saturated heterocycles. The highest BCUT2D eigenvalue weighted by molar-refractivity contribution is 9.11. The summed E-state index contributed by atoms with van der Waals surface area (Å²) in [6, 6.07) is 25.7. The van der Waals surface area contributed by atoms with Crippen molar-refractivity contribution in [3.05, 3.63) is 92.9 Å². The van der Waals surface area contributed by atoms with E-state index in [-0.39, 0.29) is 6.04 Å². The molecule has 0 aliphatic carbocycles. The molecule has 0 aliphatic heterocycles. The van der Waals surface area contributed by atoms with Crippen LogP contribution in [0.15, 0.2) is 81.7 Å². The maximum absolute atomic E-state index is 3.66. The van der Waals surface area contributed by atoms with Gasteiger partial charge in [-0.05, 0) is 41.3 Å². The topological polar surface area (TPSA) is 12.0 Å². The first-order valence-electron chi connectivity index (χ1n) is 7.97. The molecule has 3 aromatic carbocycles. The highest BCUT2D eigenvalue weighted by Gasteiger charge is 2.11. The Labute approximate surface area is 160 Å². The smallest absolute Gasteiger partial charge is 0.0306 e. The molecule has 0 saturated carbocycles. The Hall–Kier alpha value is -1.42. The molecule has 1 nitrogen and oxygen atoms in total. The molecule has 0 amide bonds. The number of nitrogens with one attached hydrogen (secondary N) is 1. The van der Waals surface area contributed by atoms with E-state index in [1.165, 1.54) is 22.3 Å². The van der Waals surface area contributed by atoms with Crippen molar-refractivity contribution < 1.29 is 0 Å². The number of hydrogen-bond acceptors (Lipinski definition) is 1. The molecular weight excluding hydrogens is 426 g/mol. The second-order valence-corrected chi connectivity index (χ2v) is 7.56. The molecule has 24 heavy (non-hydrogen) atoms. The highest BCUT2D eigenvalue weighted by atomic mass is 79.9. The van der Waals surface area contributed by atoms with Crippen molar-refractivity contribution in [2.45, 2.75) is 19.5 Å². The molecule has 0 spiro atoms. The van der Waals surface area contributed by atoms with E-state index in [4.69, 9.17) is 0 Å². The summed E-state index contributed by atoms with van der Waals surface area (Å²) >= 11 is 7.16. The summed E-state index contributed by atoms with van der Waals surface area (Å²) in [4.78, 5) is 0. The average molecular weight is 445 g/mol. The monoisotopic (exact) mass is 443 g/mol. The van der Waals surface area contributed by atoms with Crippen LogP contribution in [0.3, 0.4) is 0 Å². The predicted octanol–water partition coefficient (Wildman–Crippen LogP) is 6.73. The van der Waals surface area contributed by atoms with Gasteiger partial charge in [-0.1, -0.05) is 92.5 Å². The SMILES string of the molecule is CC(NCc1ccccc1-c1ccccc1)c1ccc(Br)cc1Br. The van der Waals surface area contributed by atoms with Crippen LogP contribution in [0.2, 0.25) is 0 Å². The quantitative estimate of drug-likeness (QED) is 0.459. The molecule has 0 aliphatic rings. The van der Waals surface area contributed by atoms with Crippen molar-refractivity contribution in [1.29, 1.82) is 0 Å². The number of hydrogen-bond donors (Lipinski definition) is 1. The summed E-state index contributed by atoms with van der Waals surface area (Å²) < 4.78 is 2.20. The van der Waals surface area contributed by atoms with Crippen LogP contribution in [0, 0.1) is 0 Å². The molecular formula is C21H19Br2N. The van der Waals surface area contributed by atoms with Crippen molar-refractivity contribution in [2.24, 2.45) is 0 Å². The van der Waals surface area contributed by atoms with Crippen molar-refractivity contribution in [3.63, 3.8) is 0 Å². The number of halogens is 2. The van der Waals surface area contributed by atoms with Crippen LogP contribution >= 0.6 is 31.9 Å². The lowest BCUT2D eigenvalue weighted by atomic mass is 9.99. The molecule has 0 fully saturated rings. The summed E-state index contributed by atoms with van der Waals surface area (Å²) in [5.74, 6) is 0. The Bertz CT molecular complexity index is 815. The van der Waals surface area contributed by atoms with E-state index in [0.29, 0.717) is 0 Å². The molecule has 3 rings (SSSR count). The molecule has 3 heteroatoms. The van der Waals surface area contributed by atoms with E-state index in [0.717, 1.165) is 15.5 Å². The first-order valence-corrected chi connectivity index (χ1v) is 9.55. The fraction of sp³-hybridized carbons (Fsp3) is 0.143. The van der Waals surface area contributed by atoms with Crippen LogP contribution in [0.4, 0.5) is 0 Å². The van der Waals surface area contributed by atoms with Gasteiger partial charge in [0.05, 0.1) is 0 Å². The molecule has 1 N–H and O–H groups in total. The zero-order valence-corrected chi connectivity index (χ0v) is 16.6. The lowest BCUT2D eigenvalue weighted by Crippen LogP contribution is -2.19. The summed E-state index contributed by atoms with van der Waals surface area (Å²) in [5, 5.41) is 3.64. The Morgan fingerprint density at radius 1 is 0.875 bits per heavy atom. The summed E-state index contributed by atoms with van der Waals surface area (Å²) in [6.07, 6.45) is 0. The van der Waals surface area contributed by atoms with Gasteiger partial charge in [0.15, 0.2) is 0 Å². The third-order valence-corrected chi connectivity index (χ3v) is 5.31. The second kappa shape index (κ2) is 8.11. The molecule has 3 aromatic rings. The first-order chi connectivity index (χ1) is 11.6. The zero-order valence-electron chi connectivity index (χ0n) is 13.5. The fourth-order valence-electron chi connectivity index (χ4n) is 2.80. The van der Waals surface area contributed by atoms with E-state index in [1.54, 1.807) is 0 Å². The molecule has 0 bridgehead atoms. The van der Waals surface area contributed by atoms with Crippen LogP contribution in [-0.4, -0.2) is 0 Å². The maximum Gasteiger partial charge on any atom is 0.0306 e. The average Bonchev–Trinajstić information content (AvgIpc) is 2.61. The number of rotatable bonds is 5. The van der Waals surface area contributed by atoms with Crippen molar-refractivity contribution in [3.8, 4) is 11.1 Å². The van der Waals surface area contributed by atoms with Gasteiger partial charge in [-0.2, -0.15) is 0 Å². The van der Waals surface area contributed by atoms with Gasteiger partial charge in [-0.3, -0.25) is 0 Å². The number of benzene rings is 3. The predicted molar refractivity (Wildman–Crippen MR) is 109 cm³/mol. The van der Waals surface area contributed by atoms with E-state index in [2.05, 4.69) is 117 Å². The van der Waals surface area contributed by atoms with Crippen LogP contribution < -0.4 is 5.32 Å². The first kappa shape index (κ1) is 17.4. The zero-order chi connectivity index (χ0) is 16.9. The summed E-state index contributed by atoms with van der Waals surface area (Å²) in [7, 11) is 0. The van der Waals surface area contributed by atoms with Gasteiger partial charge in [0.25, 0.3) is 0 Å². The second-order valence-electron chi connectivity index (χ2n) is 5.79. The Kier molecular flexibility index (Phi) is 5.88.